The molecule has 264 valence electrons. The van der Waals surface area contributed by atoms with E-state index in [1.54, 1.807) is 50.3 Å². The second kappa shape index (κ2) is 17.9. The molecule has 1 heterocycles. The van der Waals surface area contributed by atoms with Gasteiger partial charge in [-0.1, -0.05) is 50.3 Å². The number of aliphatic hydroxyl groups is 1. The largest absolute Gasteiger partial charge is 0.439 e. The Bertz CT molecular complexity index is 1590. The van der Waals surface area contributed by atoms with Gasteiger partial charge in [-0.2, -0.15) is 0 Å². The van der Waals surface area contributed by atoms with Gasteiger partial charge in [-0.25, -0.2) is 4.79 Å². The SMILES string of the molecule is CO[C@@H]1/C=C\C=C(\C)C(=O)NC2=CC(=O)C(NC(=O)c3ccc(CCl)cc3)=C(C[C@@H](C)C[C@@H](OC)[C@@H](O)[C@@H](C)/C=C(/C)[C@H]1OC(N)=O)C2=O. The summed E-state index contributed by atoms with van der Waals surface area (Å²) >= 11 is 5.87. The number of hydrogen-bond donors (Lipinski definition) is 4. The molecule has 13 heteroatoms. The number of aliphatic hydroxyl groups excluding tert-OH is 1. The van der Waals surface area contributed by atoms with E-state index < -0.39 is 59.8 Å². The molecule has 49 heavy (non-hydrogen) atoms. The van der Waals surface area contributed by atoms with Crippen LogP contribution in [-0.4, -0.2) is 73.2 Å². The van der Waals surface area contributed by atoms with E-state index in [1.165, 1.54) is 33.3 Å². The Morgan fingerprint density at radius 2 is 1.76 bits per heavy atom. The van der Waals surface area contributed by atoms with Crippen molar-refractivity contribution in [3.05, 3.63) is 93.9 Å². The molecular weight excluding hydrogens is 654 g/mol. The van der Waals surface area contributed by atoms with Crippen LogP contribution in [0.25, 0.3) is 0 Å². The number of hydrogen-bond acceptors (Lipinski definition) is 9. The van der Waals surface area contributed by atoms with E-state index in [4.69, 9.17) is 31.5 Å². The fraction of sp³-hybridized carbons (Fsp3) is 0.417. The molecule has 6 atom stereocenters. The quantitative estimate of drug-likeness (QED) is 0.194. The van der Waals surface area contributed by atoms with Crippen LogP contribution in [-0.2, 0) is 34.5 Å². The van der Waals surface area contributed by atoms with E-state index in [0.717, 1.165) is 11.6 Å². The average molecular weight is 698 g/mol. The molecule has 1 aromatic carbocycles. The van der Waals surface area contributed by atoms with Crippen LogP contribution >= 0.6 is 11.6 Å². The molecule has 0 radical (unpaired) electrons. The third kappa shape index (κ3) is 10.3. The summed E-state index contributed by atoms with van der Waals surface area (Å²) < 4.78 is 16.6. The van der Waals surface area contributed by atoms with E-state index >= 15 is 0 Å². The molecular formula is C36H44ClN3O9. The Morgan fingerprint density at radius 1 is 1.08 bits per heavy atom. The number of benzene rings is 1. The molecule has 3 rings (SSSR count). The summed E-state index contributed by atoms with van der Waals surface area (Å²) in [5.41, 5.74) is 6.70. The first-order valence-electron chi connectivity index (χ1n) is 15.7. The molecule has 1 aliphatic carbocycles. The highest BCUT2D eigenvalue weighted by Gasteiger charge is 2.34. The second-order valence-corrected chi connectivity index (χ2v) is 12.5. The summed E-state index contributed by atoms with van der Waals surface area (Å²) in [5, 5.41) is 16.5. The Morgan fingerprint density at radius 3 is 2.35 bits per heavy atom. The Balaban J connectivity index is 2.08. The topological polar surface area (TPSA) is 183 Å². The number of nitrogens with one attached hydrogen (secondary N) is 2. The van der Waals surface area contributed by atoms with E-state index in [2.05, 4.69) is 10.6 Å². The molecule has 0 unspecified atom stereocenters. The van der Waals surface area contributed by atoms with E-state index in [1.807, 2.05) is 6.92 Å². The Kier molecular flexibility index (Phi) is 14.3. The van der Waals surface area contributed by atoms with Gasteiger partial charge in [0.2, 0.25) is 11.6 Å². The molecule has 0 fully saturated rings. The monoisotopic (exact) mass is 697 g/mol. The number of nitrogens with two attached hydrogens (primary N) is 1. The summed E-state index contributed by atoms with van der Waals surface area (Å²) in [6.07, 6.45) is 2.95. The molecule has 0 spiro atoms. The molecule has 1 aromatic rings. The first-order valence-corrected chi connectivity index (χ1v) is 16.3. The van der Waals surface area contributed by atoms with Crippen molar-refractivity contribution in [2.75, 3.05) is 14.2 Å². The first-order chi connectivity index (χ1) is 23.2. The number of amides is 3. The van der Waals surface area contributed by atoms with E-state index in [0.29, 0.717) is 5.57 Å². The van der Waals surface area contributed by atoms with Crippen LogP contribution in [0.4, 0.5) is 4.79 Å². The number of allylic oxidation sites excluding steroid dienone is 4. The van der Waals surface area contributed by atoms with Gasteiger partial charge < -0.3 is 35.7 Å². The third-order valence-corrected chi connectivity index (χ3v) is 8.71. The highest BCUT2D eigenvalue weighted by molar-refractivity contribution is 6.24. The summed E-state index contributed by atoms with van der Waals surface area (Å²) in [4.78, 5) is 65.5. The standard InChI is InChI=1S/C36H44ClN3O9/c1-19-14-25-30(40-35(45)24-12-10-23(18-37)11-13-24)27(41)17-26(32(25)43)39-34(44)20(2)8-7-9-28(47-5)33(49-36(38)46)22(4)16-21(3)31(42)29(15-19)48-6/h7-13,16-17,19,21,28-29,31,33,42H,14-15,18H2,1-6H3,(H2,38,46)(H,39,44)(H,40,45)/b9-7-,20-8-,22-16-/t19-,21+,28-,29-,31+,33-/m1/s1. The highest BCUT2D eigenvalue weighted by atomic mass is 35.5. The molecule has 1 aliphatic heterocycles. The van der Waals surface area contributed by atoms with E-state index in [-0.39, 0.29) is 52.7 Å². The molecule has 12 nitrogen and oxygen atoms in total. The van der Waals surface area contributed by atoms with Crippen molar-refractivity contribution in [1.82, 2.24) is 10.6 Å². The zero-order chi connectivity index (χ0) is 36.4. The Labute approximate surface area is 291 Å². The zero-order valence-corrected chi connectivity index (χ0v) is 29.2. The van der Waals surface area contributed by atoms with Gasteiger partial charge in [0.25, 0.3) is 11.8 Å². The van der Waals surface area contributed by atoms with Gasteiger partial charge in [0.1, 0.15) is 6.10 Å². The molecule has 0 saturated carbocycles. The predicted molar refractivity (Wildman–Crippen MR) is 183 cm³/mol. The van der Waals surface area contributed by atoms with Crippen molar-refractivity contribution >= 4 is 41.1 Å². The number of primary amides is 1. The smallest absolute Gasteiger partial charge is 0.405 e. The van der Waals surface area contributed by atoms with Crippen molar-refractivity contribution in [2.45, 2.75) is 70.8 Å². The van der Waals surface area contributed by atoms with Gasteiger partial charge in [0, 0.05) is 48.8 Å². The number of fused-ring (bicyclic) bond motifs is 2. The van der Waals surface area contributed by atoms with Gasteiger partial charge in [0.05, 0.1) is 23.6 Å². The lowest BCUT2D eigenvalue weighted by Gasteiger charge is -2.30. The number of rotatable bonds is 6. The van der Waals surface area contributed by atoms with Crippen molar-refractivity contribution in [3.8, 4) is 0 Å². The lowest BCUT2D eigenvalue weighted by Crippen LogP contribution is -2.38. The van der Waals surface area contributed by atoms with Crippen LogP contribution in [0.15, 0.2) is 82.8 Å². The van der Waals surface area contributed by atoms with Gasteiger partial charge in [-0.3, -0.25) is 19.2 Å². The molecule has 2 bridgehead atoms. The average Bonchev–Trinajstić information content (AvgIpc) is 3.07. The lowest BCUT2D eigenvalue weighted by atomic mass is 9.85. The summed E-state index contributed by atoms with van der Waals surface area (Å²) in [5.74, 6) is -3.16. The number of Topliss-reactive ketones (excluding diaryl/α,β-unsaturated/α-hetero) is 1. The Hall–Kier alpha value is -4.36. The van der Waals surface area contributed by atoms with Crippen LogP contribution in [0, 0.1) is 11.8 Å². The molecule has 0 saturated heterocycles. The first kappa shape index (κ1) is 39.1. The van der Waals surface area contributed by atoms with Crippen LogP contribution in [0.2, 0.25) is 0 Å². The molecule has 2 aliphatic rings. The van der Waals surface area contributed by atoms with Crippen LogP contribution in [0.3, 0.4) is 0 Å². The van der Waals surface area contributed by atoms with Crippen molar-refractivity contribution in [1.29, 1.82) is 0 Å². The number of halogens is 1. The minimum atomic E-state index is -1.04. The highest BCUT2D eigenvalue weighted by Crippen LogP contribution is 2.29. The van der Waals surface area contributed by atoms with Gasteiger partial charge in [0.15, 0.2) is 6.10 Å². The number of methoxy groups -OCH3 is 2. The zero-order valence-electron chi connectivity index (χ0n) is 28.5. The summed E-state index contributed by atoms with van der Waals surface area (Å²) in [6, 6.07) is 6.49. The molecule has 0 aromatic heterocycles. The van der Waals surface area contributed by atoms with Crippen LogP contribution in [0.5, 0.6) is 0 Å². The van der Waals surface area contributed by atoms with Crippen molar-refractivity contribution < 1.29 is 43.3 Å². The van der Waals surface area contributed by atoms with Crippen LogP contribution in [0.1, 0.15) is 56.5 Å². The van der Waals surface area contributed by atoms with E-state index in [9.17, 15) is 29.1 Å². The number of ketones is 2. The lowest BCUT2D eigenvalue weighted by molar-refractivity contribution is -0.120. The maximum Gasteiger partial charge on any atom is 0.405 e. The predicted octanol–water partition coefficient (Wildman–Crippen LogP) is 3.93. The van der Waals surface area contributed by atoms with Gasteiger partial charge in [-0.05, 0) is 55.9 Å². The number of carbonyl (C=O) groups excluding carboxylic acids is 5. The third-order valence-electron chi connectivity index (χ3n) is 8.40. The fourth-order valence-corrected chi connectivity index (χ4v) is 5.83. The normalized spacial score (nSPS) is 28.7. The van der Waals surface area contributed by atoms with Gasteiger partial charge in [-0.15, -0.1) is 11.6 Å². The maximum absolute atomic E-state index is 13.9. The summed E-state index contributed by atoms with van der Waals surface area (Å²) in [6.45, 7) is 6.81. The molecule has 5 N–H and O–H groups in total. The number of ether oxygens (including phenoxy) is 3. The fourth-order valence-electron chi connectivity index (χ4n) is 5.65. The van der Waals surface area contributed by atoms with Crippen LogP contribution < -0.4 is 16.4 Å². The summed E-state index contributed by atoms with van der Waals surface area (Å²) in [7, 11) is 2.86. The van der Waals surface area contributed by atoms with Crippen molar-refractivity contribution in [2.24, 2.45) is 17.6 Å². The van der Waals surface area contributed by atoms with Crippen molar-refractivity contribution in [3.63, 3.8) is 0 Å². The minimum absolute atomic E-state index is 0.00276. The van der Waals surface area contributed by atoms with Gasteiger partial charge >= 0.3 is 6.09 Å². The number of carbonyl (C=O) groups is 5. The number of alkyl halides is 1. The molecule has 3 amide bonds. The second-order valence-electron chi connectivity index (χ2n) is 12.2. The minimum Gasteiger partial charge on any atom is -0.439 e. The maximum atomic E-state index is 13.9.